The second-order valence-electron chi connectivity index (χ2n) is 13.4. The van der Waals surface area contributed by atoms with Crippen LogP contribution in [0.15, 0.2) is 110 Å². The van der Waals surface area contributed by atoms with Crippen molar-refractivity contribution in [3.05, 3.63) is 115 Å². The van der Waals surface area contributed by atoms with Gasteiger partial charge < -0.3 is 30.5 Å². The average molecular weight is 834 g/mol. The zero-order chi connectivity index (χ0) is 41.2. The molecule has 16 heteroatoms. The number of anilines is 1. The van der Waals surface area contributed by atoms with Crippen molar-refractivity contribution in [3.63, 3.8) is 0 Å². The van der Waals surface area contributed by atoms with E-state index in [1.807, 2.05) is 30.3 Å². The molecule has 310 valence electrons. The van der Waals surface area contributed by atoms with Crippen LogP contribution in [0.25, 0.3) is 21.9 Å². The fourth-order valence-corrected chi connectivity index (χ4v) is 7.73. The summed E-state index contributed by atoms with van der Waals surface area (Å²) in [6, 6.07) is 12.8. The van der Waals surface area contributed by atoms with Crippen LogP contribution in [-0.4, -0.2) is 73.6 Å². The largest absolute Gasteiger partial charge is 0.458 e. The maximum atomic E-state index is 14.3. The Bertz CT molecular complexity index is 2130. The molecule has 0 bridgehead atoms. The smallest absolute Gasteiger partial charge is 0.413 e. The molecule has 1 fully saturated rings. The predicted molar refractivity (Wildman–Crippen MR) is 228 cm³/mol. The Morgan fingerprint density at radius 1 is 0.931 bits per heavy atom. The van der Waals surface area contributed by atoms with Crippen LogP contribution in [0.5, 0.6) is 5.75 Å². The Morgan fingerprint density at radius 2 is 1.60 bits per heavy atom. The molecule has 0 radical (unpaired) electrons. The first-order chi connectivity index (χ1) is 28.2. The molecule has 2 aromatic carbocycles. The van der Waals surface area contributed by atoms with E-state index in [0.29, 0.717) is 24.0 Å². The molecule has 2 unspecified atom stereocenters. The standard InChI is InChI=1S/C42H53ClN7O7P/c1-2-3-4-5-6-7-8-9-10-11-12-13-14-15-16-17-18-26-35(51)45-27-28-48-58(54,57-33-25-21-23-31-22-19-20-24-32(31)33)55-29-34-37(52)38(53)41(56-34)50-40-36(49-42(50)43)39(44)46-30-47-40/h3-4,6-7,9-10,12-13,15-16,19-25,30,34,37-38,41,52-53H,2,5,8,11,14,17-18,26-29H2,1H3,(H,45,51)(H,48,54)(H2,44,46,47)/b4-3-,7-6-,10-9-,13-12-,16-15-/t34-,37-,38-,41?,58?/m1/s1. The van der Waals surface area contributed by atoms with Crippen LogP contribution in [0.2, 0.25) is 5.28 Å². The number of nitrogens with one attached hydrogen (secondary N) is 2. The molecule has 5 atom stereocenters. The summed E-state index contributed by atoms with van der Waals surface area (Å²) in [4.78, 5) is 24.8. The van der Waals surface area contributed by atoms with E-state index < -0.39 is 38.9 Å². The monoisotopic (exact) mass is 833 g/mol. The van der Waals surface area contributed by atoms with E-state index in [0.717, 1.165) is 43.9 Å². The third-order valence-electron chi connectivity index (χ3n) is 9.12. The number of fused-ring (bicyclic) bond motifs is 2. The van der Waals surface area contributed by atoms with Crippen LogP contribution in [-0.2, 0) is 18.6 Å². The lowest BCUT2D eigenvalue weighted by Gasteiger charge is -2.23. The number of benzene rings is 2. The van der Waals surface area contributed by atoms with E-state index in [2.05, 4.69) is 93.0 Å². The number of hydrogen-bond acceptors (Lipinski definition) is 11. The van der Waals surface area contributed by atoms with Crippen molar-refractivity contribution >= 4 is 53.0 Å². The zero-order valence-corrected chi connectivity index (χ0v) is 34.3. The topological polar surface area (TPSA) is 196 Å². The summed E-state index contributed by atoms with van der Waals surface area (Å²) in [5, 5.41) is 29.1. The minimum Gasteiger partial charge on any atom is -0.413 e. The first kappa shape index (κ1) is 44.4. The summed E-state index contributed by atoms with van der Waals surface area (Å²) in [7, 11) is -4.17. The molecule has 5 rings (SSSR count). The van der Waals surface area contributed by atoms with Gasteiger partial charge in [-0.1, -0.05) is 104 Å². The molecule has 1 aliphatic rings. The maximum Gasteiger partial charge on any atom is 0.458 e. The van der Waals surface area contributed by atoms with E-state index in [-0.39, 0.29) is 41.3 Å². The Balaban J connectivity index is 1.08. The lowest BCUT2D eigenvalue weighted by Crippen LogP contribution is -2.35. The zero-order valence-electron chi connectivity index (χ0n) is 32.6. The number of carbonyl (C=O) groups excluding carboxylic acids is 1. The molecule has 0 aliphatic carbocycles. The summed E-state index contributed by atoms with van der Waals surface area (Å²) in [5.41, 5.74) is 6.31. The van der Waals surface area contributed by atoms with Gasteiger partial charge >= 0.3 is 7.75 Å². The van der Waals surface area contributed by atoms with Gasteiger partial charge in [-0.2, -0.15) is 0 Å². The first-order valence-corrected chi connectivity index (χ1v) is 21.5. The molecule has 1 amide bonds. The number of hydrogen-bond donors (Lipinski definition) is 5. The van der Waals surface area contributed by atoms with Crippen LogP contribution in [0.1, 0.15) is 64.5 Å². The lowest BCUT2D eigenvalue weighted by molar-refractivity contribution is -0.121. The number of aromatic nitrogens is 4. The Hall–Kier alpha value is -4.66. The molecule has 2 aromatic heterocycles. The minimum absolute atomic E-state index is 0.0413. The first-order valence-electron chi connectivity index (χ1n) is 19.5. The summed E-state index contributed by atoms with van der Waals surface area (Å²) >= 11 is 6.36. The number of ether oxygens (including phenoxy) is 1. The van der Waals surface area contributed by atoms with Gasteiger partial charge in [0.1, 0.15) is 30.4 Å². The van der Waals surface area contributed by atoms with Crippen molar-refractivity contribution in [2.75, 3.05) is 25.4 Å². The number of aliphatic hydroxyl groups is 2. The minimum atomic E-state index is -4.17. The molecule has 4 aromatic rings. The number of halogens is 1. The number of imidazole rings is 1. The molecular formula is C42H53ClN7O7P. The maximum absolute atomic E-state index is 14.3. The fraction of sp³-hybridized carbons (Fsp3) is 0.381. The van der Waals surface area contributed by atoms with Crippen LogP contribution in [0.3, 0.4) is 0 Å². The molecule has 0 saturated carbocycles. The summed E-state index contributed by atoms with van der Waals surface area (Å²) in [6.45, 7) is 1.87. The van der Waals surface area contributed by atoms with Crippen LogP contribution < -0.4 is 20.7 Å². The number of carbonyl (C=O) groups is 1. The van der Waals surface area contributed by atoms with E-state index in [9.17, 15) is 19.6 Å². The number of rotatable bonds is 23. The van der Waals surface area contributed by atoms with Crippen LogP contribution in [0, 0.1) is 0 Å². The third-order valence-corrected chi connectivity index (χ3v) is 10.9. The second kappa shape index (κ2) is 23.1. The number of nitrogens with two attached hydrogens (primary N) is 1. The van der Waals surface area contributed by atoms with Gasteiger partial charge in [-0.05, 0) is 68.0 Å². The number of aliphatic hydroxyl groups excluding tert-OH is 2. The number of unbranched alkanes of at least 4 members (excludes halogenated alkanes) is 1. The average Bonchev–Trinajstić information content (AvgIpc) is 3.70. The predicted octanol–water partition coefficient (Wildman–Crippen LogP) is 7.67. The molecule has 1 saturated heterocycles. The fourth-order valence-electron chi connectivity index (χ4n) is 6.12. The Kier molecular flexibility index (Phi) is 17.7. The van der Waals surface area contributed by atoms with Crippen LogP contribution >= 0.6 is 19.3 Å². The number of nitrogens with zero attached hydrogens (tertiary/aromatic N) is 4. The van der Waals surface area contributed by atoms with Gasteiger partial charge in [0.2, 0.25) is 11.2 Å². The number of nitrogen functional groups attached to an aromatic ring is 1. The highest BCUT2D eigenvalue weighted by atomic mass is 35.5. The van der Waals surface area contributed by atoms with Gasteiger partial charge in [-0.3, -0.25) is 13.9 Å². The van der Waals surface area contributed by atoms with Crippen molar-refractivity contribution in [2.45, 2.75) is 82.8 Å². The second-order valence-corrected chi connectivity index (χ2v) is 15.5. The van der Waals surface area contributed by atoms with E-state index in [1.165, 1.54) is 10.9 Å². The van der Waals surface area contributed by atoms with Crippen molar-refractivity contribution in [2.24, 2.45) is 0 Å². The summed E-state index contributed by atoms with van der Waals surface area (Å²) < 4.78 is 33.4. The molecule has 58 heavy (non-hydrogen) atoms. The van der Waals surface area contributed by atoms with Gasteiger partial charge in [0, 0.05) is 24.9 Å². The van der Waals surface area contributed by atoms with Gasteiger partial charge in [0.05, 0.1) is 6.61 Å². The highest BCUT2D eigenvalue weighted by Gasteiger charge is 2.46. The van der Waals surface area contributed by atoms with E-state index in [1.54, 1.807) is 12.1 Å². The van der Waals surface area contributed by atoms with Crippen LogP contribution in [0.4, 0.5) is 5.82 Å². The number of allylic oxidation sites excluding steroid dienone is 10. The van der Waals surface area contributed by atoms with E-state index >= 15 is 0 Å². The molecule has 14 nitrogen and oxygen atoms in total. The number of amides is 1. The lowest BCUT2D eigenvalue weighted by atomic mass is 10.1. The van der Waals surface area contributed by atoms with Crippen molar-refractivity contribution < 1.29 is 33.4 Å². The normalized spacial score (nSPS) is 19.9. The molecular weight excluding hydrogens is 781 g/mol. The highest BCUT2D eigenvalue weighted by Crippen LogP contribution is 2.47. The van der Waals surface area contributed by atoms with Crippen molar-refractivity contribution in [3.8, 4) is 5.75 Å². The highest BCUT2D eigenvalue weighted by molar-refractivity contribution is 7.52. The van der Waals surface area contributed by atoms with Crippen molar-refractivity contribution in [1.29, 1.82) is 0 Å². The van der Waals surface area contributed by atoms with Gasteiger partial charge in [-0.25, -0.2) is 24.6 Å². The molecule has 3 heterocycles. The summed E-state index contributed by atoms with van der Waals surface area (Å²) in [6.07, 6.45) is 23.9. The molecule has 1 aliphatic heterocycles. The van der Waals surface area contributed by atoms with Gasteiger partial charge in [0.15, 0.2) is 23.2 Å². The third kappa shape index (κ3) is 12.9. The Labute approximate surface area is 344 Å². The van der Waals surface area contributed by atoms with Gasteiger partial charge in [-0.15, -0.1) is 0 Å². The SMILES string of the molecule is CC/C=C\C/C=C\C/C=C\C/C=C\C/C=C\CCCC(=O)NCCNP(=O)(OC[C@H]1OC(n2c(Cl)nc3c(N)ncnc32)[C@H](O)[C@@H]1O)Oc1cccc2ccccc12. The van der Waals surface area contributed by atoms with Gasteiger partial charge in [0.25, 0.3) is 0 Å². The Morgan fingerprint density at radius 3 is 2.33 bits per heavy atom. The quantitative estimate of drug-likeness (QED) is 0.0212. The summed E-state index contributed by atoms with van der Waals surface area (Å²) in [5.74, 6) is 0.238. The van der Waals surface area contributed by atoms with E-state index in [4.69, 9.17) is 31.1 Å². The molecule has 0 spiro atoms. The van der Waals surface area contributed by atoms with Crippen molar-refractivity contribution in [1.82, 2.24) is 29.9 Å². The molecule has 6 N–H and O–H groups in total.